The number of benzene rings is 3. The van der Waals surface area contributed by atoms with Gasteiger partial charge in [0.2, 0.25) is 10.0 Å². The molecule has 0 saturated carbocycles. The average Bonchev–Trinajstić information content (AvgIpc) is 3.40. The standard InChI is InChI=1S/C25H24ClN3O4S/c26-23-12-11-21(34(32,33)29-13-4-5-14-29)16-22(23)25(31)27-17-18-7-6-8-19(15-18)24(30)28-20-9-2-1-3-10-20/h1-3,6-12,15-16H,4-5,13-14,17H2,(H,27,31)(H,28,30). The molecule has 2 N–H and O–H groups in total. The van der Waals surface area contributed by atoms with Crippen molar-refractivity contribution in [1.29, 1.82) is 0 Å². The van der Waals surface area contributed by atoms with Crippen molar-refractivity contribution in [2.75, 3.05) is 18.4 Å². The monoisotopic (exact) mass is 497 g/mol. The molecule has 1 heterocycles. The first-order chi connectivity index (χ1) is 16.3. The molecule has 7 nitrogen and oxygen atoms in total. The van der Waals surface area contributed by atoms with E-state index < -0.39 is 15.9 Å². The maximum atomic E-state index is 12.8. The van der Waals surface area contributed by atoms with Gasteiger partial charge in [0.05, 0.1) is 15.5 Å². The summed E-state index contributed by atoms with van der Waals surface area (Å²) in [6.45, 7) is 1.09. The molecule has 1 aliphatic rings. The zero-order valence-electron chi connectivity index (χ0n) is 18.3. The number of para-hydroxylation sites is 1. The number of carbonyl (C=O) groups excluding carboxylic acids is 2. The van der Waals surface area contributed by atoms with E-state index >= 15 is 0 Å². The Morgan fingerprint density at radius 1 is 0.882 bits per heavy atom. The SMILES string of the molecule is O=C(Nc1ccccc1)c1cccc(CNC(=O)c2cc(S(=O)(=O)N3CCCC3)ccc2Cl)c1. The van der Waals surface area contributed by atoms with E-state index in [0.29, 0.717) is 29.9 Å². The molecular formula is C25H24ClN3O4S. The number of hydrogen-bond donors (Lipinski definition) is 2. The van der Waals surface area contributed by atoms with Crippen molar-refractivity contribution >= 4 is 39.1 Å². The number of nitrogens with zero attached hydrogens (tertiary/aromatic N) is 1. The van der Waals surface area contributed by atoms with Crippen LogP contribution in [0.4, 0.5) is 5.69 Å². The van der Waals surface area contributed by atoms with Crippen LogP contribution in [0.15, 0.2) is 77.7 Å². The molecule has 0 atom stereocenters. The molecule has 1 fully saturated rings. The van der Waals surface area contributed by atoms with E-state index in [4.69, 9.17) is 11.6 Å². The van der Waals surface area contributed by atoms with Crippen molar-refractivity contribution in [3.8, 4) is 0 Å². The predicted octanol–water partition coefficient (Wildman–Crippen LogP) is 4.31. The van der Waals surface area contributed by atoms with Gasteiger partial charge in [0.15, 0.2) is 0 Å². The number of sulfonamides is 1. The van der Waals surface area contributed by atoms with Crippen molar-refractivity contribution in [3.05, 3.63) is 94.5 Å². The summed E-state index contributed by atoms with van der Waals surface area (Å²) in [5, 5.41) is 5.74. The van der Waals surface area contributed by atoms with Crippen LogP contribution in [0.2, 0.25) is 5.02 Å². The van der Waals surface area contributed by atoms with E-state index in [1.54, 1.807) is 36.4 Å². The van der Waals surface area contributed by atoms with Crippen molar-refractivity contribution < 1.29 is 18.0 Å². The second kappa shape index (κ2) is 10.4. The van der Waals surface area contributed by atoms with Crippen LogP contribution in [0.3, 0.4) is 0 Å². The van der Waals surface area contributed by atoms with Gasteiger partial charge in [0.1, 0.15) is 0 Å². The highest BCUT2D eigenvalue weighted by Crippen LogP contribution is 2.25. The summed E-state index contributed by atoms with van der Waals surface area (Å²) in [5.74, 6) is -0.759. The minimum absolute atomic E-state index is 0.0449. The number of anilines is 1. The minimum Gasteiger partial charge on any atom is -0.348 e. The van der Waals surface area contributed by atoms with Gasteiger partial charge in [0.25, 0.3) is 11.8 Å². The number of amides is 2. The average molecular weight is 498 g/mol. The number of nitrogens with one attached hydrogen (secondary N) is 2. The molecule has 0 aromatic heterocycles. The summed E-state index contributed by atoms with van der Waals surface area (Å²) >= 11 is 6.20. The Kier molecular flexibility index (Phi) is 7.31. The van der Waals surface area contributed by atoms with Gasteiger partial charge in [-0.05, 0) is 60.9 Å². The van der Waals surface area contributed by atoms with E-state index in [1.807, 2.05) is 18.2 Å². The summed E-state index contributed by atoms with van der Waals surface area (Å²) in [5.41, 5.74) is 1.93. The molecule has 0 bridgehead atoms. The van der Waals surface area contributed by atoms with Crippen LogP contribution in [0, 0.1) is 0 Å². The van der Waals surface area contributed by atoms with Crippen LogP contribution in [-0.2, 0) is 16.6 Å². The maximum Gasteiger partial charge on any atom is 0.255 e. The molecule has 34 heavy (non-hydrogen) atoms. The fourth-order valence-electron chi connectivity index (χ4n) is 3.74. The van der Waals surface area contributed by atoms with E-state index in [-0.39, 0.29) is 27.9 Å². The van der Waals surface area contributed by atoms with E-state index in [1.165, 1.54) is 22.5 Å². The third kappa shape index (κ3) is 5.47. The second-order valence-electron chi connectivity index (χ2n) is 7.96. The molecule has 2 amide bonds. The quantitative estimate of drug-likeness (QED) is 0.508. The molecule has 0 radical (unpaired) electrons. The largest absolute Gasteiger partial charge is 0.348 e. The van der Waals surface area contributed by atoms with Crippen molar-refractivity contribution in [2.24, 2.45) is 0 Å². The molecular weight excluding hydrogens is 474 g/mol. The van der Waals surface area contributed by atoms with Crippen LogP contribution in [0.1, 0.15) is 39.1 Å². The first-order valence-electron chi connectivity index (χ1n) is 10.9. The van der Waals surface area contributed by atoms with Crippen LogP contribution >= 0.6 is 11.6 Å². The molecule has 4 rings (SSSR count). The predicted molar refractivity (Wildman–Crippen MR) is 131 cm³/mol. The first-order valence-corrected chi connectivity index (χ1v) is 12.7. The second-order valence-corrected chi connectivity index (χ2v) is 10.3. The van der Waals surface area contributed by atoms with Gasteiger partial charge in [-0.3, -0.25) is 9.59 Å². The lowest BCUT2D eigenvalue weighted by Crippen LogP contribution is -2.28. The van der Waals surface area contributed by atoms with E-state index in [2.05, 4.69) is 10.6 Å². The number of carbonyl (C=O) groups is 2. The molecule has 0 aliphatic carbocycles. The van der Waals surface area contributed by atoms with Gasteiger partial charge < -0.3 is 10.6 Å². The van der Waals surface area contributed by atoms with Crippen molar-refractivity contribution in [1.82, 2.24) is 9.62 Å². The normalized spacial score (nSPS) is 14.0. The van der Waals surface area contributed by atoms with Gasteiger partial charge in [0, 0.05) is 30.9 Å². The van der Waals surface area contributed by atoms with E-state index in [0.717, 1.165) is 12.8 Å². The number of hydrogen-bond acceptors (Lipinski definition) is 4. The lowest BCUT2D eigenvalue weighted by atomic mass is 10.1. The van der Waals surface area contributed by atoms with Gasteiger partial charge >= 0.3 is 0 Å². The molecule has 9 heteroatoms. The van der Waals surface area contributed by atoms with Gasteiger partial charge in [-0.1, -0.05) is 41.9 Å². The zero-order valence-corrected chi connectivity index (χ0v) is 19.9. The summed E-state index contributed by atoms with van der Waals surface area (Å²) in [6, 6.07) is 20.2. The topological polar surface area (TPSA) is 95.6 Å². The van der Waals surface area contributed by atoms with Crippen LogP contribution in [-0.4, -0.2) is 37.6 Å². The van der Waals surface area contributed by atoms with Gasteiger partial charge in [-0.2, -0.15) is 4.31 Å². The molecule has 3 aromatic rings. The Bertz CT molecular complexity index is 1310. The highest BCUT2D eigenvalue weighted by molar-refractivity contribution is 7.89. The molecule has 0 unspecified atom stereocenters. The van der Waals surface area contributed by atoms with Crippen LogP contribution < -0.4 is 10.6 Å². The van der Waals surface area contributed by atoms with Gasteiger partial charge in [-0.15, -0.1) is 0 Å². The van der Waals surface area contributed by atoms with E-state index in [9.17, 15) is 18.0 Å². The molecule has 1 aliphatic heterocycles. The summed E-state index contributed by atoms with van der Waals surface area (Å²) in [7, 11) is -3.67. The highest BCUT2D eigenvalue weighted by Gasteiger charge is 2.28. The molecule has 3 aromatic carbocycles. The smallest absolute Gasteiger partial charge is 0.255 e. The highest BCUT2D eigenvalue weighted by atomic mass is 35.5. The van der Waals surface area contributed by atoms with Crippen molar-refractivity contribution in [2.45, 2.75) is 24.3 Å². The van der Waals surface area contributed by atoms with Gasteiger partial charge in [-0.25, -0.2) is 8.42 Å². The summed E-state index contributed by atoms with van der Waals surface area (Å²) in [6.07, 6.45) is 1.64. The minimum atomic E-state index is -3.67. The van der Waals surface area contributed by atoms with Crippen LogP contribution in [0.25, 0.3) is 0 Å². The number of halogens is 1. The third-order valence-electron chi connectivity index (χ3n) is 5.56. The van der Waals surface area contributed by atoms with Crippen molar-refractivity contribution in [3.63, 3.8) is 0 Å². The lowest BCUT2D eigenvalue weighted by molar-refractivity contribution is 0.0950. The molecule has 176 valence electrons. The Morgan fingerprint density at radius 3 is 2.35 bits per heavy atom. The fourth-order valence-corrected chi connectivity index (χ4v) is 5.49. The lowest BCUT2D eigenvalue weighted by Gasteiger charge is -2.16. The summed E-state index contributed by atoms with van der Waals surface area (Å²) < 4.78 is 27.1. The zero-order chi connectivity index (χ0) is 24.1. The summed E-state index contributed by atoms with van der Waals surface area (Å²) in [4.78, 5) is 25.4. The maximum absolute atomic E-state index is 12.8. The Balaban J connectivity index is 1.45. The molecule has 1 saturated heterocycles. The Hall–Kier alpha value is -3.20. The third-order valence-corrected chi connectivity index (χ3v) is 7.78. The Morgan fingerprint density at radius 2 is 1.62 bits per heavy atom. The van der Waals surface area contributed by atoms with Crippen LogP contribution in [0.5, 0.6) is 0 Å². The fraction of sp³-hybridized carbons (Fsp3) is 0.200. The number of rotatable bonds is 7. The first kappa shape index (κ1) is 23.9. The Labute approximate surface area is 203 Å². The molecule has 0 spiro atoms.